The largest absolute Gasteiger partial charge is 0.444 e. The molecule has 3 aromatic rings. The molecule has 0 spiro atoms. The van der Waals surface area contributed by atoms with Gasteiger partial charge in [-0.3, -0.25) is 15.1 Å². The summed E-state index contributed by atoms with van der Waals surface area (Å²) >= 11 is 0. The smallest absolute Gasteiger partial charge is 0.412 e. The lowest BCUT2D eigenvalue weighted by molar-refractivity contribution is 0.100. The molecule has 2 aromatic carbocycles. The summed E-state index contributed by atoms with van der Waals surface area (Å²) in [6, 6.07) is 14.5. The number of nitrogens with two attached hydrogens (primary N) is 1. The van der Waals surface area contributed by atoms with Crippen LogP contribution in [0.2, 0.25) is 0 Å². The number of nitrogens with one attached hydrogen (secondary N) is 1. The number of amides is 2. The average molecular weight is 349 g/mol. The molecule has 132 valence electrons. The van der Waals surface area contributed by atoms with Crippen molar-refractivity contribution in [3.63, 3.8) is 0 Å². The Labute approximate surface area is 151 Å². The molecule has 0 unspecified atom stereocenters. The van der Waals surface area contributed by atoms with Crippen LogP contribution in [0.1, 0.15) is 27.2 Å². The molecule has 2 amide bonds. The predicted octanol–water partition coefficient (Wildman–Crippen LogP) is 3.70. The number of ether oxygens (including phenoxy) is 1. The van der Waals surface area contributed by atoms with Gasteiger partial charge in [0.1, 0.15) is 6.61 Å². The van der Waals surface area contributed by atoms with Gasteiger partial charge in [-0.2, -0.15) is 0 Å². The third-order valence-corrected chi connectivity index (χ3v) is 4.04. The number of aryl methyl sites for hydroxylation is 2. The van der Waals surface area contributed by atoms with E-state index in [1.54, 1.807) is 31.2 Å². The Hall–Kier alpha value is -3.41. The molecule has 6 nitrogen and oxygen atoms in total. The highest BCUT2D eigenvalue weighted by Crippen LogP contribution is 2.23. The highest BCUT2D eigenvalue weighted by atomic mass is 16.5. The van der Waals surface area contributed by atoms with Gasteiger partial charge in [-0.05, 0) is 37.6 Å². The van der Waals surface area contributed by atoms with Crippen molar-refractivity contribution in [2.75, 3.05) is 5.32 Å². The van der Waals surface area contributed by atoms with Crippen molar-refractivity contribution in [3.05, 3.63) is 70.9 Å². The maximum Gasteiger partial charge on any atom is 0.412 e. The summed E-state index contributed by atoms with van der Waals surface area (Å²) in [7, 11) is 0. The standard InChI is InChI=1S/C20H19N3O3/c1-12-6-8-14(9-7-12)11-26-20(25)23-18-10-16-15(19(21)24)4-3-5-17(16)22-13(18)2/h3-10H,11H2,1-2H3,(H2,21,24)(H,23,25). The lowest BCUT2D eigenvalue weighted by Crippen LogP contribution is -2.15. The second kappa shape index (κ2) is 7.23. The van der Waals surface area contributed by atoms with E-state index >= 15 is 0 Å². The van der Waals surface area contributed by atoms with E-state index in [4.69, 9.17) is 10.5 Å². The van der Waals surface area contributed by atoms with Crippen molar-refractivity contribution in [3.8, 4) is 0 Å². The molecule has 0 saturated carbocycles. The number of benzene rings is 2. The second-order valence-corrected chi connectivity index (χ2v) is 6.04. The van der Waals surface area contributed by atoms with Gasteiger partial charge in [0, 0.05) is 10.9 Å². The zero-order valence-corrected chi connectivity index (χ0v) is 14.6. The van der Waals surface area contributed by atoms with E-state index in [0.717, 1.165) is 11.1 Å². The topological polar surface area (TPSA) is 94.3 Å². The van der Waals surface area contributed by atoms with Crippen LogP contribution in [0.4, 0.5) is 10.5 Å². The summed E-state index contributed by atoms with van der Waals surface area (Å²) in [6.07, 6.45) is -0.591. The fourth-order valence-corrected chi connectivity index (χ4v) is 2.61. The van der Waals surface area contributed by atoms with Crippen molar-refractivity contribution in [2.45, 2.75) is 20.5 Å². The van der Waals surface area contributed by atoms with E-state index in [9.17, 15) is 9.59 Å². The minimum atomic E-state index is -0.591. The Morgan fingerprint density at radius 1 is 1.12 bits per heavy atom. The first-order chi connectivity index (χ1) is 12.4. The van der Waals surface area contributed by atoms with Crippen LogP contribution in [0.15, 0.2) is 48.5 Å². The van der Waals surface area contributed by atoms with Crippen LogP contribution < -0.4 is 11.1 Å². The third-order valence-electron chi connectivity index (χ3n) is 4.04. The molecule has 0 aliphatic rings. The molecule has 3 N–H and O–H groups in total. The zero-order chi connectivity index (χ0) is 18.7. The third kappa shape index (κ3) is 3.80. The fourth-order valence-electron chi connectivity index (χ4n) is 2.61. The number of anilines is 1. The molecule has 3 rings (SSSR count). The molecule has 1 heterocycles. The summed E-state index contributed by atoms with van der Waals surface area (Å²) in [6.45, 7) is 3.93. The Balaban J connectivity index is 1.78. The van der Waals surface area contributed by atoms with Crippen molar-refractivity contribution in [1.82, 2.24) is 4.98 Å². The molecule has 0 aliphatic carbocycles. The summed E-state index contributed by atoms with van der Waals surface area (Å²) < 4.78 is 5.25. The van der Waals surface area contributed by atoms with Gasteiger partial charge >= 0.3 is 6.09 Å². The number of primary amides is 1. The van der Waals surface area contributed by atoms with E-state index in [-0.39, 0.29) is 6.61 Å². The highest BCUT2D eigenvalue weighted by molar-refractivity contribution is 6.06. The minimum absolute atomic E-state index is 0.165. The number of hydrogen-bond acceptors (Lipinski definition) is 4. The van der Waals surface area contributed by atoms with Crippen LogP contribution in [-0.2, 0) is 11.3 Å². The number of rotatable bonds is 4. The second-order valence-electron chi connectivity index (χ2n) is 6.04. The van der Waals surface area contributed by atoms with Gasteiger partial charge < -0.3 is 10.5 Å². The summed E-state index contributed by atoms with van der Waals surface area (Å²) in [5, 5.41) is 3.26. The first-order valence-corrected chi connectivity index (χ1v) is 8.13. The summed E-state index contributed by atoms with van der Waals surface area (Å²) in [5.74, 6) is -0.547. The van der Waals surface area contributed by atoms with Crippen molar-refractivity contribution in [1.29, 1.82) is 0 Å². The average Bonchev–Trinajstić information content (AvgIpc) is 2.61. The van der Waals surface area contributed by atoms with E-state index in [1.165, 1.54) is 0 Å². The van der Waals surface area contributed by atoms with Gasteiger partial charge in [-0.1, -0.05) is 35.9 Å². The fraction of sp³-hybridized carbons (Fsp3) is 0.150. The Morgan fingerprint density at radius 3 is 2.54 bits per heavy atom. The number of carbonyl (C=O) groups excluding carboxylic acids is 2. The van der Waals surface area contributed by atoms with Crippen LogP contribution in [0.3, 0.4) is 0 Å². The van der Waals surface area contributed by atoms with Gasteiger partial charge in [0.15, 0.2) is 0 Å². The molecule has 0 aliphatic heterocycles. The first kappa shape index (κ1) is 17.4. The summed E-state index contributed by atoms with van der Waals surface area (Å²) in [5.41, 5.74) is 9.53. The first-order valence-electron chi connectivity index (χ1n) is 8.13. The molecular formula is C20H19N3O3. The Bertz CT molecular complexity index is 982. The van der Waals surface area contributed by atoms with Crippen molar-refractivity contribution < 1.29 is 14.3 Å². The number of aromatic nitrogens is 1. The van der Waals surface area contributed by atoms with E-state index in [0.29, 0.717) is 27.8 Å². The number of carbonyl (C=O) groups is 2. The van der Waals surface area contributed by atoms with Crippen LogP contribution in [0.25, 0.3) is 10.9 Å². The number of fused-ring (bicyclic) bond motifs is 1. The lowest BCUT2D eigenvalue weighted by Gasteiger charge is -2.11. The summed E-state index contributed by atoms with van der Waals surface area (Å²) in [4.78, 5) is 28.1. The molecule has 0 radical (unpaired) electrons. The molecule has 0 fully saturated rings. The molecule has 0 bridgehead atoms. The van der Waals surface area contributed by atoms with Gasteiger partial charge in [0.2, 0.25) is 5.91 Å². The normalized spacial score (nSPS) is 10.5. The zero-order valence-electron chi connectivity index (χ0n) is 14.6. The van der Waals surface area contributed by atoms with E-state index in [2.05, 4.69) is 10.3 Å². The van der Waals surface area contributed by atoms with Gasteiger partial charge in [0.25, 0.3) is 0 Å². The van der Waals surface area contributed by atoms with E-state index < -0.39 is 12.0 Å². The van der Waals surface area contributed by atoms with Gasteiger partial charge in [0.05, 0.1) is 16.9 Å². The van der Waals surface area contributed by atoms with E-state index in [1.807, 2.05) is 31.2 Å². The molecule has 1 aromatic heterocycles. The maximum atomic E-state index is 12.1. The number of pyridine rings is 1. The lowest BCUT2D eigenvalue weighted by atomic mass is 10.1. The molecule has 26 heavy (non-hydrogen) atoms. The van der Waals surface area contributed by atoms with Crippen LogP contribution in [0.5, 0.6) is 0 Å². The monoisotopic (exact) mass is 349 g/mol. The SMILES string of the molecule is Cc1ccc(COC(=O)Nc2cc3c(C(N)=O)cccc3nc2C)cc1. The minimum Gasteiger partial charge on any atom is -0.444 e. The quantitative estimate of drug-likeness (QED) is 0.751. The van der Waals surface area contributed by atoms with Crippen LogP contribution >= 0.6 is 0 Å². The van der Waals surface area contributed by atoms with Crippen molar-refractivity contribution >= 4 is 28.6 Å². The van der Waals surface area contributed by atoms with Crippen LogP contribution in [0, 0.1) is 13.8 Å². The molecular weight excluding hydrogens is 330 g/mol. The van der Waals surface area contributed by atoms with Gasteiger partial charge in [-0.15, -0.1) is 0 Å². The molecule has 6 heteroatoms. The van der Waals surface area contributed by atoms with Gasteiger partial charge in [-0.25, -0.2) is 4.79 Å². The molecule has 0 atom stereocenters. The highest BCUT2D eigenvalue weighted by Gasteiger charge is 2.12. The Morgan fingerprint density at radius 2 is 1.85 bits per heavy atom. The molecule has 0 saturated heterocycles. The van der Waals surface area contributed by atoms with Crippen molar-refractivity contribution in [2.24, 2.45) is 5.73 Å². The number of hydrogen-bond donors (Lipinski definition) is 2. The maximum absolute atomic E-state index is 12.1. The Kier molecular flexibility index (Phi) is 4.84. The number of nitrogens with zero attached hydrogens (tertiary/aromatic N) is 1. The van der Waals surface area contributed by atoms with Crippen LogP contribution in [-0.4, -0.2) is 17.0 Å². The predicted molar refractivity (Wildman–Crippen MR) is 100.0 cm³/mol.